The first-order valence-electron chi connectivity index (χ1n) is 7.24. The van der Waals surface area contributed by atoms with Gasteiger partial charge < -0.3 is 4.84 Å². The molecular formula is C15H9BrClF6N3O. The number of aryl methyl sites for hydroxylation is 1. The Labute approximate surface area is 161 Å². The molecule has 146 valence electrons. The van der Waals surface area contributed by atoms with Crippen LogP contribution in [0.5, 0.6) is 0 Å². The first kappa shape index (κ1) is 20.0. The largest absolute Gasteiger partial charge is 0.437 e. The summed E-state index contributed by atoms with van der Waals surface area (Å²) in [5.41, 5.74) is -5.13. The molecule has 1 aromatic heterocycles. The minimum Gasteiger partial charge on any atom is -0.372 e. The standard InChI is InChI=1S/C15H9BrClF6N3O/c1-26-12(5-11(24-26)14(18,19)20)13(15(21,22)23)6-10(25-27-13)7-2-3-9(17)8(16)4-7/h2-5H,6H2,1H3. The summed E-state index contributed by atoms with van der Waals surface area (Å²) < 4.78 is 81.1. The summed E-state index contributed by atoms with van der Waals surface area (Å²) in [6.07, 6.45) is -10.8. The van der Waals surface area contributed by atoms with Gasteiger partial charge in [0.2, 0.25) is 0 Å². The van der Waals surface area contributed by atoms with Crippen LogP contribution in [0.1, 0.15) is 23.4 Å². The summed E-state index contributed by atoms with van der Waals surface area (Å²) in [5, 5.41) is 6.98. The lowest BCUT2D eigenvalue weighted by Gasteiger charge is -2.28. The smallest absolute Gasteiger partial charge is 0.372 e. The highest BCUT2D eigenvalue weighted by Gasteiger charge is 2.64. The average Bonchev–Trinajstić information content (AvgIpc) is 3.13. The van der Waals surface area contributed by atoms with Crippen molar-refractivity contribution in [3.05, 3.63) is 50.7 Å². The van der Waals surface area contributed by atoms with E-state index >= 15 is 0 Å². The monoisotopic (exact) mass is 475 g/mol. The molecule has 27 heavy (non-hydrogen) atoms. The Hall–Kier alpha value is -1.75. The molecule has 0 spiro atoms. The van der Waals surface area contributed by atoms with Gasteiger partial charge in [-0.15, -0.1) is 0 Å². The summed E-state index contributed by atoms with van der Waals surface area (Å²) in [4.78, 5) is 4.72. The van der Waals surface area contributed by atoms with Gasteiger partial charge in [-0.25, -0.2) is 0 Å². The highest BCUT2D eigenvalue weighted by Crippen LogP contribution is 2.49. The van der Waals surface area contributed by atoms with Gasteiger partial charge in [0.05, 0.1) is 22.8 Å². The van der Waals surface area contributed by atoms with Gasteiger partial charge in [-0.2, -0.15) is 31.4 Å². The molecule has 0 aliphatic carbocycles. The molecule has 1 aliphatic rings. The zero-order valence-electron chi connectivity index (χ0n) is 13.3. The molecule has 3 rings (SSSR count). The quantitative estimate of drug-likeness (QED) is 0.542. The van der Waals surface area contributed by atoms with E-state index in [0.717, 1.165) is 7.05 Å². The molecule has 0 saturated carbocycles. The maximum absolute atomic E-state index is 13.9. The van der Waals surface area contributed by atoms with Gasteiger partial charge in [0.1, 0.15) is 0 Å². The van der Waals surface area contributed by atoms with Crippen molar-refractivity contribution in [2.75, 3.05) is 0 Å². The lowest BCUT2D eigenvalue weighted by Crippen LogP contribution is -2.44. The van der Waals surface area contributed by atoms with E-state index in [9.17, 15) is 26.3 Å². The number of oxime groups is 1. The van der Waals surface area contributed by atoms with E-state index in [1.807, 2.05) is 0 Å². The lowest BCUT2D eigenvalue weighted by atomic mass is 9.90. The van der Waals surface area contributed by atoms with E-state index in [1.54, 1.807) is 0 Å². The molecule has 2 aromatic rings. The highest BCUT2D eigenvalue weighted by molar-refractivity contribution is 9.10. The van der Waals surface area contributed by atoms with Crippen LogP contribution in [-0.4, -0.2) is 21.7 Å². The lowest BCUT2D eigenvalue weighted by molar-refractivity contribution is -0.278. The minimum absolute atomic E-state index is 0.0838. The SMILES string of the molecule is Cn1nc(C(F)(F)F)cc1C1(C(F)(F)F)CC(c2ccc(Cl)c(Br)c2)=NO1. The fourth-order valence-corrected chi connectivity index (χ4v) is 3.18. The number of hydrogen-bond donors (Lipinski definition) is 0. The Kier molecular flexibility index (Phi) is 4.74. The van der Waals surface area contributed by atoms with Crippen LogP contribution in [0.4, 0.5) is 26.3 Å². The zero-order chi connectivity index (χ0) is 20.2. The van der Waals surface area contributed by atoms with Gasteiger partial charge >= 0.3 is 12.4 Å². The van der Waals surface area contributed by atoms with E-state index < -0.39 is 35.8 Å². The molecular weight excluding hydrogens is 468 g/mol. The van der Waals surface area contributed by atoms with Crippen molar-refractivity contribution in [2.45, 2.75) is 24.4 Å². The van der Waals surface area contributed by atoms with E-state index in [-0.39, 0.29) is 11.3 Å². The maximum atomic E-state index is 13.9. The van der Waals surface area contributed by atoms with Gasteiger partial charge in [-0.1, -0.05) is 22.8 Å². The summed E-state index contributed by atoms with van der Waals surface area (Å²) in [6.45, 7) is 0. The van der Waals surface area contributed by atoms with E-state index in [1.165, 1.54) is 18.2 Å². The van der Waals surface area contributed by atoms with Crippen LogP contribution >= 0.6 is 27.5 Å². The number of halogens is 8. The van der Waals surface area contributed by atoms with Crippen LogP contribution in [-0.2, 0) is 23.7 Å². The summed E-state index contributed by atoms with van der Waals surface area (Å²) in [7, 11) is 0.984. The highest BCUT2D eigenvalue weighted by atomic mass is 79.9. The molecule has 0 bridgehead atoms. The van der Waals surface area contributed by atoms with Crippen LogP contribution in [0.15, 0.2) is 33.9 Å². The van der Waals surface area contributed by atoms with Gasteiger partial charge in [0.25, 0.3) is 5.60 Å². The Balaban J connectivity index is 2.05. The van der Waals surface area contributed by atoms with Crippen LogP contribution in [0.25, 0.3) is 0 Å². The summed E-state index contributed by atoms with van der Waals surface area (Å²) in [5.74, 6) is 0. The van der Waals surface area contributed by atoms with E-state index in [0.29, 0.717) is 20.2 Å². The second-order valence-corrected chi connectivity index (χ2v) is 7.06. The first-order chi connectivity index (χ1) is 12.3. The number of nitrogens with zero attached hydrogens (tertiary/aromatic N) is 3. The number of alkyl halides is 6. The molecule has 0 saturated heterocycles. The number of rotatable bonds is 2. The van der Waals surface area contributed by atoms with Gasteiger partial charge in [0, 0.05) is 17.1 Å². The van der Waals surface area contributed by atoms with Gasteiger partial charge in [-0.3, -0.25) is 4.68 Å². The molecule has 1 aliphatic heterocycles. The van der Waals surface area contributed by atoms with Crippen LogP contribution in [0.2, 0.25) is 5.02 Å². The maximum Gasteiger partial charge on any atom is 0.437 e. The minimum atomic E-state index is -5.04. The third-order valence-electron chi connectivity index (χ3n) is 4.02. The van der Waals surface area contributed by atoms with Crippen molar-refractivity contribution in [1.29, 1.82) is 0 Å². The molecule has 12 heteroatoms. The van der Waals surface area contributed by atoms with Crippen molar-refractivity contribution in [3.8, 4) is 0 Å². The molecule has 0 fully saturated rings. The van der Waals surface area contributed by atoms with Gasteiger partial charge in [0.15, 0.2) is 5.69 Å². The summed E-state index contributed by atoms with van der Waals surface area (Å²) in [6, 6.07) is 4.65. The summed E-state index contributed by atoms with van der Waals surface area (Å²) >= 11 is 9.02. The molecule has 1 atom stereocenters. The normalized spacial score (nSPS) is 20.6. The number of aromatic nitrogens is 2. The van der Waals surface area contributed by atoms with Crippen molar-refractivity contribution in [3.63, 3.8) is 0 Å². The van der Waals surface area contributed by atoms with E-state index in [4.69, 9.17) is 16.4 Å². The third-order valence-corrected chi connectivity index (χ3v) is 5.24. The Morgan fingerprint density at radius 1 is 1.19 bits per heavy atom. The average molecular weight is 477 g/mol. The molecule has 0 radical (unpaired) electrons. The molecule has 2 heterocycles. The van der Waals surface area contributed by atoms with Crippen molar-refractivity contribution in [2.24, 2.45) is 12.2 Å². The van der Waals surface area contributed by atoms with E-state index in [2.05, 4.69) is 26.2 Å². The Morgan fingerprint density at radius 2 is 1.85 bits per heavy atom. The Morgan fingerprint density at radius 3 is 2.37 bits per heavy atom. The second-order valence-electron chi connectivity index (χ2n) is 5.80. The molecule has 4 nitrogen and oxygen atoms in total. The first-order valence-corrected chi connectivity index (χ1v) is 8.41. The van der Waals surface area contributed by atoms with Crippen LogP contribution in [0.3, 0.4) is 0 Å². The molecule has 0 amide bonds. The fourth-order valence-electron chi connectivity index (χ4n) is 2.68. The van der Waals surface area contributed by atoms with Crippen LogP contribution in [0, 0.1) is 0 Å². The van der Waals surface area contributed by atoms with Crippen molar-refractivity contribution >= 4 is 33.2 Å². The zero-order valence-corrected chi connectivity index (χ0v) is 15.6. The van der Waals surface area contributed by atoms with Gasteiger partial charge in [-0.05, 0) is 34.1 Å². The Bertz CT molecular complexity index is 923. The van der Waals surface area contributed by atoms with Crippen molar-refractivity contribution < 1.29 is 31.2 Å². The third kappa shape index (κ3) is 3.42. The number of hydrogen-bond acceptors (Lipinski definition) is 3. The van der Waals surface area contributed by atoms with Crippen molar-refractivity contribution in [1.82, 2.24) is 9.78 Å². The predicted octanol–water partition coefficient (Wildman–Crippen LogP) is 5.44. The molecule has 1 aromatic carbocycles. The topological polar surface area (TPSA) is 39.4 Å². The second kappa shape index (κ2) is 6.40. The predicted molar refractivity (Wildman–Crippen MR) is 87.3 cm³/mol. The molecule has 1 unspecified atom stereocenters. The van der Waals surface area contributed by atoms with Crippen LogP contribution < -0.4 is 0 Å². The molecule has 0 N–H and O–H groups in total. The number of benzene rings is 1. The fraction of sp³-hybridized carbons (Fsp3) is 0.333.